The highest BCUT2D eigenvalue weighted by molar-refractivity contribution is 5.96. The highest BCUT2D eigenvalue weighted by Crippen LogP contribution is 2.11. The third-order valence-electron chi connectivity index (χ3n) is 2.57. The molecule has 88 valence electrons. The predicted octanol–water partition coefficient (Wildman–Crippen LogP) is 2.61. The number of aromatic amines is 1. The van der Waals surface area contributed by atoms with Crippen molar-refractivity contribution in [1.82, 2.24) is 10.2 Å². The first-order valence-electron chi connectivity index (χ1n) is 5.65. The molecular formula is C13H15N3O. The van der Waals surface area contributed by atoms with Gasteiger partial charge in [0.2, 0.25) is 0 Å². The van der Waals surface area contributed by atoms with Crippen LogP contribution in [0.2, 0.25) is 0 Å². The smallest absolute Gasteiger partial charge is 0.162 e. The van der Waals surface area contributed by atoms with Gasteiger partial charge in [-0.2, -0.15) is 5.10 Å². The monoisotopic (exact) mass is 229 g/mol. The maximum Gasteiger partial charge on any atom is 0.162 e. The summed E-state index contributed by atoms with van der Waals surface area (Å²) in [5, 5.41) is 10.0. The molecule has 4 heteroatoms. The first-order chi connectivity index (χ1) is 8.29. The number of hydrogen-bond acceptors (Lipinski definition) is 3. The minimum Gasteiger partial charge on any atom is -0.379 e. The Bertz CT molecular complexity index is 474. The van der Waals surface area contributed by atoms with E-state index in [1.54, 1.807) is 6.20 Å². The molecular weight excluding hydrogens is 214 g/mol. The van der Waals surface area contributed by atoms with E-state index < -0.39 is 0 Å². The maximum atomic E-state index is 11.4. The number of hydrogen-bond donors (Lipinski definition) is 2. The van der Waals surface area contributed by atoms with E-state index >= 15 is 0 Å². The van der Waals surface area contributed by atoms with Crippen LogP contribution in [0.25, 0.3) is 0 Å². The normalized spacial score (nSPS) is 10.2. The topological polar surface area (TPSA) is 57.8 Å². The van der Waals surface area contributed by atoms with E-state index in [-0.39, 0.29) is 5.78 Å². The summed E-state index contributed by atoms with van der Waals surface area (Å²) in [6.07, 6.45) is 2.26. The second-order valence-corrected chi connectivity index (χ2v) is 3.79. The molecule has 0 bridgehead atoms. The van der Waals surface area contributed by atoms with Crippen molar-refractivity contribution in [3.8, 4) is 0 Å². The predicted molar refractivity (Wildman–Crippen MR) is 67.0 cm³/mol. The van der Waals surface area contributed by atoms with E-state index in [1.165, 1.54) is 0 Å². The van der Waals surface area contributed by atoms with Crippen LogP contribution in [-0.4, -0.2) is 16.0 Å². The Morgan fingerprint density at radius 1 is 1.29 bits per heavy atom. The van der Waals surface area contributed by atoms with Gasteiger partial charge < -0.3 is 5.32 Å². The molecule has 0 fully saturated rings. The average Bonchev–Trinajstić information content (AvgIpc) is 2.89. The summed E-state index contributed by atoms with van der Waals surface area (Å²) >= 11 is 0. The lowest BCUT2D eigenvalue weighted by molar-refractivity contribution is 0.0988. The molecule has 2 N–H and O–H groups in total. The molecule has 1 aromatic carbocycles. The van der Waals surface area contributed by atoms with E-state index in [9.17, 15) is 4.79 Å². The summed E-state index contributed by atoms with van der Waals surface area (Å²) in [5.41, 5.74) is 2.78. The summed E-state index contributed by atoms with van der Waals surface area (Å²) < 4.78 is 0. The third kappa shape index (κ3) is 2.93. The lowest BCUT2D eigenvalue weighted by Crippen LogP contribution is -2.01. The molecule has 1 heterocycles. The van der Waals surface area contributed by atoms with E-state index in [4.69, 9.17) is 0 Å². The van der Waals surface area contributed by atoms with Crippen molar-refractivity contribution in [2.45, 2.75) is 19.9 Å². The van der Waals surface area contributed by atoms with Gasteiger partial charge in [-0.05, 0) is 30.3 Å². The number of rotatable bonds is 5. The number of benzene rings is 1. The number of nitrogens with one attached hydrogen (secondary N) is 2. The van der Waals surface area contributed by atoms with Crippen LogP contribution in [0.15, 0.2) is 36.5 Å². The fourth-order valence-electron chi connectivity index (χ4n) is 1.56. The number of H-pyrrole nitrogens is 1. The first kappa shape index (κ1) is 11.4. The van der Waals surface area contributed by atoms with Crippen LogP contribution in [0, 0.1) is 0 Å². The number of carbonyl (C=O) groups is 1. The van der Waals surface area contributed by atoms with E-state index in [1.807, 2.05) is 37.3 Å². The average molecular weight is 229 g/mol. The van der Waals surface area contributed by atoms with Gasteiger partial charge in [0.25, 0.3) is 0 Å². The number of Topliss-reactive ketones (excluding diaryl/α,β-unsaturated/α-hetero) is 1. The van der Waals surface area contributed by atoms with Crippen molar-refractivity contribution in [1.29, 1.82) is 0 Å². The largest absolute Gasteiger partial charge is 0.379 e. The SMILES string of the molecule is CCC(=O)c1ccc(NCc2ccn[nH]2)cc1. The zero-order valence-corrected chi connectivity index (χ0v) is 9.73. The Hall–Kier alpha value is -2.10. The number of ketones is 1. The Kier molecular flexibility index (Phi) is 3.55. The van der Waals surface area contributed by atoms with Crippen LogP contribution in [0.1, 0.15) is 29.4 Å². The van der Waals surface area contributed by atoms with Crippen molar-refractivity contribution in [2.75, 3.05) is 5.32 Å². The van der Waals surface area contributed by atoms with E-state index in [0.29, 0.717) is 13.0 Å². The molecule has 0 amide bonds. The van der Waals surface area contributed by atoms with Gasteiger partial charge in [-0.25, -0.2) is 0 Å². The number of anilines is 1. The maximum absolute atomic E-state index is 11.4. The molecule has 1 aromatic heterocycles. The molecule has 4 nitrogen and oxygen atoms in total. The highest BCUT2D eigenvalue weighted by atomic mass is 16.1. The quantitative estimate of drug-likeness (QED) is 0.775. The molecule has 0 saturated heterocycles. The summed E-state index contributed by atoms with van der Waals surface area (Å²) in [6, 6.07) is 9.45. The van der Waals surface area contributed by atoms with Gasteiger partial charge in [0.05, 0.1) is 12.2 Å². The van der Waals surface area contributed by atoms with Gasteiger partial charge in [0.1, 0.15) is 0 Å². The molecule has 0 aliphatic heterocycles. The zero-order valence-electron chi connectivity index (χ0n) is 9.73. The molecule has 0 unspecified atom stereocenters. The van der Waals surface area contributed by atoms with Crippen LogP contribution in [0.3, 0.4) is 0 Å². The second kappa shape index (κ2) is 5.30. The lowest BCUT2D eigenvalue weighted by Gasteiger charge is -2.05. The van der Waals surface area contributed by atoms with Crippen molar-refractivity contribution < 1.29 is 4.79 Å². The van der Waals surface area contributed by atoms with Gasteiger partial charge in [-0.15, -0.1) is 0 Å². The van der Waals surface area contributed by atoms with Gasteiger partial charge in [0.15, 0.2) is 5.78 Å². The fraction of sp³-hybridized carbons (Fsp3) is 0.231. The van der Waals surface area contributed by atoms with Crippen LogP contribution in [-0.2, 0) is 6.54 Å². The summed E-state index contributed by atoms with van der Waals surface area (Å²) in [6.45, 7) is 2.56. The molecule has 2 rings (SSSR count). The fourth-order valence-corrected chi connectivity index (χ4v) is 1.56. The van der Waals surface area contributed by atoms with Crippen molar-refractivity contribution in [3.05, 3.63) is 47.8 Å². The minimum atomic E-state index is 0.171. The Balaban J connectivity index is 1.96. The summed E-state index contributed by atoms with van der Waals surface area (Å²) in [7, 11) is 0. The standard InChI is InChI=1S/C13H15N3O/c1-2-13(17)10-3-5-11(6-4-10)14-9-12-7-8-15-16-12/h3-8,14H,2,9H2,1H3,(H,15,16). The number of carbonyl (C=O) groups excluding carboxylic acids is 1. The Morgan fingerprint density at radius 3 is 2.65 bits per heavy atom. The first-order valence-corrected chi connectivity index (χ1v) is 5.65. The van der Waals surface area contributed by atoms with Crippen LogP contribution in [0.5, 0.6) is 0 Å². The van der Waals surface area contributed by atoms with Gasteiger partial charge >= 0.3 is 0 Å². The van der Waals surface area contributed by atoms with Crippen LogP contribution >= 0.6 is 0 Å². The zero-order chi connectivity index (χ0) is 12.1. The second-order valence-electron chi connectivity index (χ2n) is 3.79. The summed E-state index contributed by atoms with van der Waals surface area (Å²) in [4.78, 5) is 11.4. The molecule has 0 aliphatic rings. The van der Waals surface area contributed by atoms with Crippen LogP contribution < -0.4 is 5.32 Å². The van der Waals surface area contributed by atoms with Crippen molar-refractivity contribution in [2.24, 2.45) is 0 Å². The van der Waals surface area contributed by atoms with Gasteiger partial charge in [-0.1, -0.05) is 6.92 Å². The van der Waals surface area contributed by atoms with E-state index in [0.717, 1.165) is 16.9 Å². The molecule has 0 spiro atoms. The molecule has 0 saturated carbocycles. The molecule has 17 heavy (non-hydrogen) atoms. The van der Waals surface area contributed by atoms with Crippen LogP contribution in [0.4, 0.5) is 5.69 Å². The Labute approximate surface area is 100 Å². The van der Waals surface area contributed by atoms with Crippen molar-refractivity contribution >= 4 is 11.5 Å². The highest BCUT2D eigenvalue weighted by Gasteiger charge is 2.02. The van der Waals surface area contributed by atoms with Crippen molar-refractivity contribution in [3.63, 3.8) is 0 Å². The third-order valence-corrected chi connectivity index (χ3v) is 2.57. The molecule has 0 aliphatic carbocycles. The van der Waals surface area contributed by atoms with Gasteiger partial charge in [0, 0.05) is 23.9 Å². The number of aromatic nitrogens is 2. The lowest BCUT2D eigenvalue weighted by atomic mass is 10.1. The summed E-state index contributed by atoms with van der Waals surface area (Å²) in [5.74, 6) is 0.171. The number of nitrogens with zero attached hydrogens (tertiary/aromatic N) is 1. The molecule has 2 aromatic rings. The minimum absolute atomic E-state index is 0.171. The Morgan fingerprint density at radius 2 is 2.06 bits per heavy atom. The van der Waals surface area contributed by atoms with E-state index in [2.05, 4.69) is 15.5 Å². The van der Waals surface area contributed by atoms with Gasteiger partial charge in [-0.3, -0.25) is 9.89 Å². The molecule has 0 radical (unpaired) electrons. The molecule has 0 atom stereocenters.